The van der Waals surface area contributed by atoms with E-state index >= 15 is 0 Å². The molecule has 0 aliphatic carbocycles. The molecule has 2 amide bonds. The first-order valence-corrected chi connectivity index (χ1v) is 10.5. The average molecular weight is 437 g/mol. The van der Waals surface area contributed by atoms with E-state index in [4.69, 9.17) is 18.9 Å². The van der Waals surface area contributed by atoms with Crippen LogP contribution in [0.15, 0.2) is 30.3 Å². The molecule has 6 atom stereocenters. The number of nitrogens with one attached hydrogen (secondary N) is 2. The first kappa shape index (κ1) is 23.5. The van der Waals surface area contributed by atoms with Crippen molar-refractivity contribution in [2.24, 2.45) is 0 Å². The van der Waals surface area contributed by atoms with E-state index in [0.29, 0.717) is 13.2 Å². The van der Waals surface area contributed by atoms with Gasteiger partial charge in [0.15, 0.2) is 0 Å². The average Bonchev–Trinajstić information content (AvgIpc) is 3.26. The van der Waals surface area contributed by atoms with Gasteiger partial charge in [-0.05, 0) is 33.3 Å². The Labute approximate surface area is 182 Å². The van der Waals surface area contributed by atoms with Gasteiger partial charge in [0, 0.05) is 0 Å². The number of aliphatic hydroxyl groups is 1. The van der Waals surface area contributed by atoms with Crippen molar-refractivity contribution in [3.05, 3.63) is 35.9 Å². The molecule has 2 heterocycles. The second-order valence-corrected chi connectivity index (χ2v) is 8.91. The van der Waals surface area contributed by atoms with Crippen LogP contribution in [0.3, 0.4) is 0 Å². The van der Waals surface area contributed by atoms with Crippen LogP contribution >= 0.6 is 0 Å². The summed E-state index contributed by atoms with van der Waals surface area (Å²) < 4.78 is 22.8. The Morgan fingerprint density at radius 3 is 2.48 bits per heavy atom. The monoisotopic (exact) mass is 436 g/mol. The van der Waals surface area contributed by atoms with Crippen LogP contribution < -0.4 is 10.6 Å². The standard InChI is InChI=1S/C22H32N2O7/c1-13(25)17(24-21(27)31-22(2,3)4)20(26)23-15-11-29-19-16(12-30-18(15)19)28-10-14-8-6-5-7-9-14/h5-9,13,15-19,25H,10-12H2,1-4H3,(H,23,26)(H,24,27)/t13-,15+,16+,17+,18-,19-/m1/s1. The number of hydrogen-bond donors (Lipinski definition) is 3. The minimum absolute atomic E-state index is 0.237. The predicted molar refractivity (Wildman–Crippen MR) is 111 cm³/mol. The summed E-state index contributed by atoms with van der Waals surface area (Å²) in [5.74, 6) is -0.535. The number of carbonyl (C=O) groups excluding carboxylic acids is 2. The first-order chi connectivity index (χ1) is 14.6. The Kier molecular flexibility index (Phi) is 7.53. The second-order valence-electron chi connectivity index (χ2n) is 8.91. The van der Waals surface area contributed by atoms with Crippen molar-refractivity contribution in [2.75, 3.05) is 13.2 Å². The highest BCUT2D eigenvalue weighted by Gasteiger charge is 2.49. The Bertz CT molecular complexity index is 750. The molecule has 0 spiro atoms. The zero-order valence-corrected chi connectivity index (χ0v) is 18.4. The number of benzene rings is 1. The van der Waals surface area contributed by atoms with Gasteiger partial charge in [-0.2, -0.15) is 0 Å². The molecule has 0 radical (unpaired) electrons. The van der Waals surface area contributed by atoms with Crippen LogP contribution in [0.1, 0.15) is 33.3 Å². The van der Waals surface area contributed by atoms with Gasteiger partial charge in [-0.1, -0.05) is 30.3 Å². The summed E-state index contributed by atoms with van der Waals surface area (Å²) in [5, 5.41) is 15.2. The maximum Gasteiger partial charge on any atom is 0.408 e. The van der Waals surface area contributed by atoms with E-state index in [1.165, 1.54) is 6.92 Å². The van der Waals surface area contributed by atoms with Crippen LogP contribution in [-0.4, -0.2) is 72.4 Å². The van der Waals surface area contributed by atoms with Crippen molar-refractivity contribution in [1.82, 2.24) is 10.6 Å². The number of ether oxygens (including phenoxy) is 4. The molecular formula is C22H32N2O7. The van der Waals surface area contributed by atoms with Crippen molar-refractivity contribution in [3.8, 4) is 0 Å². The molecule has 3 N–H and O–H groups in total. The van der Waals surface area contributed by atoms with Crippen LogP contribution in [0.2, 0.25) is 0 Å². The van der Waals surface area contributed by atoms with E-state index < -0.39 is 35.8 Å². The van der Waals surface area contributed by atoms with Gasteiger partial charge in [0.2, 0.25) is 5.91 Å². The largest absolute Gasteiger partial charge is 0.444 e. The van der Waals surface area contributed by atoms with Gasteiger partial charge >= 0.3 is 6.09 Å². The lowest BCUT2D eigenvalue weighted by Gasteiger charge is -2.26. The Hall–Kier alpha value is -2.20. The number of hydrogen-bond acceptors (Lipinski definition) is 7. The topological polar surface area (TPSA) is 115 Å². The van der Waals surface area contributed by atoms with Gasteiger partial charge in [-0.25, -0.2) is 4.79 Å². The van der Waals surface area contributed by atoms with Crippen LogP contribution in [-0.2, 0) is 30.3 Å². The fraction of sp³-hybridized carbons (Fsp3) is 0.636. The Morgan fingerprint density at radius 2 is 1.84 bits per heavy atom. The number of amides is 2. The minimum atomic E-state index is -1.17. The van der Waals surface area contributed by atoms with Gasteiger partial charge in [-0.15, -0.1) is 0 Å². The molecule has 0 bridgehead atoms. The second kappa shape index (κ2) is 9.95. The molecule has 2 aliphatic rings. The molecule has 2 saturated heterocycles. The number of aliphatic hydroxyl groups excluding tert-OH is 1. The summed E-state index contributed by atoms with van der Waals surface area (Å²) in [5.41, 5.74) is 0.338. The number of fused-ring (bicyclic) bond motifs is 1. The molecule has 0 saturated carbocycles. The van der Waals surface area contributed by atoms with E-state index in [-0.39, 0.29) is 24.9 Å². The molecule has 1 aromatic carbocycles. The van der Waals surface area contributed by atoms with Crippen molar-refractivity contribution in [3.63, 3.8) is 0 Å². The smallest absolute Gasteiger partial charge is 0.408 e. The number of carbonyl (C=O) groups is 2. The quantitative estimate of drug-likeness (QED) is 0.587. The van der Waals surface area contributed by atoms with E-state index in [1.54, 1.807) is 20.8 Å². The predicted octanol–water partition coefficient (Wildman–Crippen LogP) is 1.13. The van der Waals surface area contributed by atoms with E-state index in [1.807, 2.05) is 30.3 Å². The number of alkyl carbamates (subject to hydrolysis) is 1. The molecule has 9 heteroatoms. The molecule has 172 valence electrons. The summed E-state index contributed by atoms with van der Waals surface area (Å²) in [7, 11) is 0. The fourth-order valence-corrected chi connectivity index (χ4v) is 3.62. The van der Waals surface area contributed by atoms with Crippen molar-refractivity contribution in [2.45, 2.75) is 76.4 Å². The molecule has 2 aliphatic heterocycles. The first-order valence-electron chi connectivity index (χ1n) is 10.5. The normalized spacial score (nSPS) is 27.3. The van der Waals surface area contributed by atoms with Gasteiger partial charge in [0.25, 0.3) is 0 Å². The highest BCUT2D eigenvalue weighted by atomic mass is 16.6. The zero-order chi connectivity index (χ0) is 22.6. The lowest BCUT2D eigenvalue weighted by molar-refractivity contribution is -0.127. The van der Waals surface area contributed by atoms with Crippen LogP contribution in [0, 0.1) is 0 Å². The van der Waals surface area contributed by atoms with Crippen molar-refractivity contribution < 1.29 is 33.6 Å². The zero-order valence-electron chi connectivity index (χ0n) is 18.4. The molecule has 0 unspecified atom stereocenters. The third-order valence-electron chi connectivity index (χ3n) is 5.08. The van der Waals surface area contributed by atoms with Crippen LogP contribution in [0.4, 0.5) is 4.79 Å². The van der Waals surface area contributed by atoms with Gasteiger partial charge in [0.1, 0.15) is 30.0 Å². The van der Waals surface area contributed by atoms with E-state index in [2.05, 4.69) is 10.6 Å². The maximum atomic E-state index is 12.7. The highest BCUT2D eigenvalue weighted by molar-refractivity contribution is 5.86. The molecule has 9 nitrogen and oxygen atoms in total. The van der Waals surface area contributed by atoms with E-state index in [0.717, 1.165) is 5.56 Å². The van der Waals surface area contributed by atoms with Crippen molar-refractivity contribution >= 4 is 12.0 Å². The van der Waals surface area contributed by atoms with Crippen LogP contribution in [0.5, 0.6) is 0 Å². The molecule has 3 rings (SSSR count). The van der Waals surface area contributed by atoms with Crippen LogP contribution in [0.25, 0.3) is 0 Å². The summed E-state index contributed by atoms with van der Waals surface area (Å²) in [6, 6.07) is 8.25. The lowest BCUT2D eigenvalue weighted by atomic mass is 10.1. The number of rotatable bonds is 7. The molecule has 0 aromatic heterocycles. The highest BCUT2D eigenvalue weighted by Crippen LogP contribution is 2.29. The summed E-state index contributed by atoms with van der Waals surface area (Å²) in [6.07, 6.45) is -2.78. The third-order valence-corrected chi connectivity index (χ3v) is 5.08. The summed E-state index contributed by atoms with van der Waals surface area (Å²) in [6.45, 7) is 7.64. The SMILES string of the molecule is C[C@@H](O)[C@H](NC(=O)OC(C)(C)C)C(=O)N[C@H]1CO[C@H]2[C@@H]1OC[C@@H]2OCc1ccccc1. The molecule has 2 fully saturated rings. The molecule has 1 aromatic rings. The molecule has 31 heavy (non-hydrogen) atoms. The van der Waals surface area contributed by atoms with Crippen molar-refractivity contribution in [1.29, 1.82) is 0 Å². The van der Waals surface area contributed by atoms with Gasteiger partial charge in [-0.3, -0.25) is 4.79 Å². The fourth-order valence-electron chi connectivity index (χ4n) is 3.62. The van der Waals surface area contributed by atoms with Gasteiger partial charge in [0.05, 0.1) is 32.0 Å². The Morgan fingerprint density at radius 1 is 1.16 bits per heavy atom. The Balaban J connectivity index is 1.52. The maximum absolute atomic E-state index is 12.7. The third kappa shape index (κ3) is 6.39. The summed E-state index contributed by atoms with van der Waals surface area (Å²) in [4.78, 5) is 24.8. The van der Waals surface area contributed by atoms with Gasteiger partial charge < -0.3 is 34.7 Å². The minimum Gasteiger partial charge on any atom is -0.444 e. The lowest BCUT2D eigenvalue weighted by Crippen LogP contribution is -2.57. The molecular weight excluding hydrogens is 404 g/mol. The summed E-state index contributed by atoms with van der Waals surface area (Å²) >= 11 is 0. The van der Waals surface area contributed by atoms with E-state index in [9.17, 15) is 14.7 Å².